The van der Waals surface area contributed by atoms with Gasteiger partial charge in [0, 0.05) is 25.5 Å². The molecule has 1 fully saturated rings. The predicted octanol–water partition coefficient (Wildman–Crippen LogP) is 1.94. The third-order valence-electron chi connectivity index (χ3n) is 3.44. The van der Waals surface area contributed by atoms with Gasteiger partial charge in [-0.1, -0.05) is 12.1 Å². The van der Waals surface area contributed by atoms with Crippen molar-refractivity contribution in [3.63, 3.8) is 0 Å². The standard InChI is InChI=1S/C16H17N3O2/c20-16(15-5-3-9-21-15)19-11-12-6-7-14(18-10-12)13-4-1-2-8-17-13/h1-2,4,6-8,10,15H,3,5,9,11H2,(H,19,20). The smallest absolute Gasteiger partial charge is 0.249 e. The van der Waals surface area contributed by atoms with Crippen molar-refractivity contribution in [1.29, 1.82) is 0 Å². The Kier molecular flexibility index (Phi) is 4.21. The second-order valence-corrected chi connectivity index (χ2v) is 4.99. The molecule has 21 heavy (non-hydrogen) atoms. The zero-order chi connectivity index (χ0) is 14.5. The lowest BCUT2D eigenvalue weighted by Crippen LogP contribution is -2.33. The van der Waals surface area contributed by atoms with E-state index >= 15 is 0 Å². The minimum absolute atomic E-state index is 0.0405. The monoisotopic (exact) mass is 283 g/mol. The molecule has 1 unspecified atom stereocenters. The van der Waals surface area contributed by atoms with Crippen LogP contribution in [0.2, 0.25) is 0 Å². The van der Waals surface area contributed by atoms with Gasteiger partial charge in [-0.15, -0.1) is 0 Å². The van der Waals surface area contributed by atoms with E-state index in [0.29, 0.717) is 13.2 Å². The van der Waals surface area contributed by atoms with Crippen molar-refractivity contribution in [3.8, 4) is 11.4 Å². The predicted molar refractivity (Wildman–Crippen MR) is 78.3 cm³/mol. The molecule has 1 N–H and O–H groups in total. The molecular formula is C16H17N3O2. The van der Waals surface area contributed by atoms with Crippen molar-refractivity contribution < 1.29 is 9.53 Å². The molecule has 0 aromatic carbocycles. The van der Waals surface area contributed by atoms with Crippen LogP contribution >= 0.6 is 0 Å². The van der Waals surface area contributed by atoms with E-state index in [1.54, 1.807) is 12.4 Å². The number of amides is 1. The fourth-order valence-corrected chi connectivity index (χ4v) is 2.28. The first kappa shape index (κ1) is 13.7. The van der Waals surface area contributed by atoms with E-state index in [-0.39, 0.29) is 12.0 Å². The molecule has 0 bridgehead atoms. The van der Waals surface area contributed by atoms with E-state index in [0.717, 1.165) is 29.8 Å². The largest absolute Gasteiger partial charge is 0.368 e. The maximum atomic E-state index is 11.8. The Morgan fingerprint density at radius 3 is 2.81 bits per heavy atom. The summed E-state index contributed by atoms with van der Waals surface area (Å²) in [7, 11) is 0. The Morgan fingerprint density at radius 2 is 2.14 bits per heavy atom. The summed E-state index contributed by atoms with van der Waals surface area (Å²) in [6, 6.07) is 9.59. The lowest BCUT2D eigenvalue weighted by molar-refractivity contribution is -0.130. The van der Waals surface area contributed by atoms with Crippen LogP contribution in [-0.2, 0) is 16.1 Å². The molecule has 1 aliphatic heterocycles. The molecule has 3 heterocycles. The molecule has 0 radical (unpaired) electrons. The maximum absolute atomic E-state index is 11.8. The molecule has 5 heteroatoms. The molecule has 0 saturated carbocycles. The van der Waals surface area contributed by atoms with Crippen LogP contribution in [0.25, 0.3) is 11.4 Å². The molecular weight excluding hydrogens is 266 g/mol. The fourth-order valence-electron chi connectivity index (χ4n) is 2.28. The van der Waals surface area contributed by atoms with E-state index in [1.807, 2.05) is 30.3 Å². The molecule has 0 aliphatic carbocycles. The number of aromatic nitrogens is 2. The first-order valence-electron chi connectivity index (χ1n) is 7.08. The third-order valence-corrected chi connectivity index (χ3v) is 3.44. The lowest BCUT2D eigenvalue weighted by Gasteiger charge is -2.10. The molecule has 108 valence electrons. The van der Waals surface area contributed by atoms with Crippen LogP contribution in [-0.4, -0.2) is 28.6 Å². The number of nitrogens with zero attached hydrogens (tertiary/aromatic N) is 2. The van der Waals surface area contributed by atoms with Crippen LogP contribution in [0.4, 0.5) is 0 Å². The van der Waals surface area contributed by atoms with E-state index in [1.165, 1.54) is 0 Å². The van der Waals surface area contributed by atoms with Crippen molar-refractivity contribution in [2.75, 3.05) is 6.61 Å². The molecule has 5 nitrogen and oxygen atoms in total. The summed E-state index contributed by atoms with van der Waals surface area (Å²) in [4.78, 5) is 20.5. The van der Waals surface area contributed by atoms with Gasteiger partial charge in [0.25, 0.3) is 0 Å². The average Bonchev–Trinajstić information content (AvgIpc) is 3.08. The van der Waals surface area contributed by atoms with Crippen molar-refractivity contribution in [1.82, 2.24) is 15.3 Å². The normalized spacial score (nSPS) is 17.6. The van der Waals surface area contributed by atoms with Crippen molar-refractivity contribution in [2.45, 2.75) is 25.5 Å². The minimum atomic E-state index is -0.286. The highest BCUT2D eigenvalue weighted by molar-refractivity contribution is 5.80. The molecule has 1 saturated heterocycles. The van der Waals surface area contributed by atoms with Gasteiger partial charge in [0.05, 0.1) is 11.4 Å². The number of ether oxygens (including phenoxy) is 1. The molecule has 2 aromatic heterocycles. The molecule has 3 rings (SSSR count). The first-order valence-corrected chi connectivity index (χ1v) is 7.08. The topological polar surface area (TPSA) is 64.1 Å². The zero-order valence-electron chi connectivity index (χ0n) is 11.7. The Labute approximate surface area is 123 Å². The molecule has 2 aromatic rings. The van der Waals surface area contributed by atoms with E-state index in [4.69, 9.17) is 4.74 Å². The van der Waals surface area contributed by atoms with Gasteiger partial charge in [0.2, 0.25) is 5.91 Å². The third kappa shape index (κ3) is 3.44. The van der Waals surface area contributed by atoms with Gasteiger partial charge in [0.1, 0.15) is 6.10 Å². The maximum Gasteiger partial charge on any atom is 0.249 e. The summed E-state index contributed by atoms with van der Waals surface area (Å²) in [6.07, 6.45) is 4.99. The van der Waals surface area contributed by atoms with Gasteiger partial charge in [-0.25, -0.2) is 0 Å². The highest BCUT2D eigenvalue weighted by Gasteiger charge is 2.22. The number of rotatable bonds is 4. The Balaban J connectivity index is 1.58. The van der Waals surface area contributed by atoms with Crippen LogP contribution in [0.1, 0.15) is 18.4 Å². The number of hydrogen-bond donors (Lipinski definition) is 1. The van der Waals surface area contributed by atoms with Gasteiger partial charge < -0.3 is 10.1 Å². The summed E-state index contributed by atoms with van der Waals surface area (Å²) in [5.41, 5.74) is 2.62. The van der Waals surface area contributed by atoms with Crippen molar-refractivity contribution in [2.24, 2.45) is 0 Å². The molecule has 0 spiro atoms. The first-order chi connectivity index (χ1) is 10.3. The SMILES string of the molecule is O=C(NCc1ccc(-c2ccccn2)nc1)C1CCCO1. The Bertz CT molecular complexity index is 593. The fraction of sp³-hybridized carbons (Fsp3) is 0.312. The van der Waals surface area contributed by atoms with Crippen LogP contribution in [0, 0.1) is 0 Å². The highest BCUT2D eigenvalue weighted by atomic mass is 16.5. The van der Waals surface area contributed by atoms with Gasteiger partial charge >= 0.3 is 0 Å². The van der Waals surface area contributed by atoms with Crippen molar-refractivity contribution in [3.05, 3.63) is 48.3 Å². The second kappa shape index (κ2) is 6.45. The number of pyridine rings is 2. The summed E-state index contributed by atoms with van der Waals surface area (Å²) in [5, 5.41) is 2.88. The number of carbonyl (C=O) groups excluding carboxylic acids is 1. The van der Waals surface area contributed by atoms with Crippen LogP contribution in [0.15, 0.2) is 42.7 Å². The van der Waals surface area contributed by atoms with Gasteiger partial charge in [-0.2, -0.15) is 0 Å². The molecule has 1 aliphatic rings. The quantitative estimate of drug-likeness (QED) is 0.931. The summed E-state index contributed by atoms with van der Waals surface area (Å²) in [6.45, 7) is 1.15. The zero-order valence-corrected chi connectivity index (χ0v) is 11.7. The summed E-state index contributed by atoms with van der Waals surface area (Å²) in [5.74, 6) is -0.0405. The van der Waals surface area contributed by atoms with Crippen LogP contribution < -0.4 is 5.32 Å². The van der Waals surface area contributed by atoms with E-state index in [2.05, 4.69) is 15.3 Å². The molecule has 1 atom stereocenters. The lowest BCUT2D eigenvalue weighted by atomic mass is 10.2. The average molecular weight is 283 g/mol. The van der Waals surface area contributed by atoms with Gasteiger partial charge in [-0.3, -0.25) is 14.8 Å². The second-order valence-electron chi connectivity index (χ2n) is 4.99. The van der Waals surface area contributed by atoms with Crippen LogP contribution in [0.5, 0.6) is 0 Å². The number of carbonyl (C=O) groups is 1. The number of hydrogen-bond acceptors (Lipinski definition) is 4. The van der Waals surface area contributed by atoms with Crippen LogP contribution in [0.3, 0.4) is 0 Å². The van der Waals surface area contributed by atoms with Gasteiger partial charge in [0.15, 0.2) is 0 Å². The highest BCUT2D eigenvalue weighted by Crippen LogP contribution is 2.14. The Hall–Kier alpha value is -2.27. The van der Waals surface area contributed by atoms with Gasteiger partial charge in [-0.05, 0) is 36.6 Å². The summed E-state index contributed by atoms with van der Waals surface area (Å²) >= 11 is 0. The number of nitrogens with one attached hydrogen (secondary N) is 1. The minimum Gasteiger partial charge on any atom is -0.368 e. The van der Waals surface area contributed by atoms with Crippen molar-refractivity contribution >= 4 is 5.91 Å². The van der Waals surface area contributed by atoms with E-state index in [9.17, 15) is 4.79 Å². The van der Waals surface area contributed by atoms with E-state index < -0.39 is 0 Å². The Morgan fingerprint density at radius 1 is 1.24 bits per heavy atom. The summed E-state index contributed by atoms with van der Waals surface area (Å²) < 4.78 is 5.34. The molecule has 1 amide bonds.